The van der Waals surface area contributed by atoms with Gasteiger partial charge in [-0.25, -0.2) is 4.79 Å². The first-order chi connectivity index (χ1) is 9.17. The fraction of sp³-hybridized carbons (Fsp3) is 0.750. The lowest BCUT2D eigenvalue weighted by atomic mass is 10.1. The van der Waals surface area contributed by atoms with Gasteiger partial charge in [0.05, 0.1) is 6.61 Å². The number of hydrogen-bond donors (Lipinski definition) is 1. The number of aromatic nitrogens is 3. The summed E-state index contributed by atoms with van der Waals surface area (Å²) in [6, 6.07) is 0.326. The number of hydrogen-bond acceptors (Lipinski definition) is 4. The summed E-state index contributed by atoms with van der Waals surface area (Å²) in [6.07, 6.45) is 2.41. The van der Waals surface area contributed by atoms with Crippen molar-refractivity contribution in [3.63, 3.8) is 0 Å². The molecule has 1 aromatic heterocycles. The second-order valence-corrected chi connectivity index (χ2v) is 4.97. The predicted octanol–water partition coefficient (Wildman–Crippen LogP) is 2.30. The number of aryl methyl sites for hydroxylation is 1. The summed E-state index contributed by atoms with van der Waals surface area (Å²) >= 11 is 5.28. The molecule has 1 amide bonds. The first kappa shape index (κ1) is 14.0. The van der Waals surface area contributed by atoms with Crippen molar-refractivity contribution in [1.29, 1.82) is 0 Å². The van der Waals surface area contributed by atoms with Gasteiger partial charge in [-0.15, -0.1) is 0 Å². The summed E-state index contributed by atoms with van der Waals surface area (Å²) in [5, 5.41) is 7.08. The molecule has 1 fully saturated rings. The average molecular weight is 284 g/mol. The lowest BCUT2D eigenvalue weighted by Crippen LogP contribution is -2.39. The molecule has 0 spiro atoms. The third-order valence-corrected chi connectivity index (χ3v) is 3.74. The molecule has 1 aromatic rings. The normalized spacial score (nSPS) is 16.6. The van der Waals surface area contributed by atoms with Crippen LogP contribution >= 0.6 is 12.2 Å². The highest BCUT2D eigenvalue weighted by molar-refractivity contribution is 7.71. The molecule has 0 aliphatic carbocycles. The number of carbonyl (C=O) groups excluding carboxylic acids is 1. The minimum absolute atomic E-state index is 0.215. The number of likely N-dealkylation sites (tertiary alicyclic amines) is 1. The van der Waals surface area contributed by atoms with Gasteiger partial charge < -0.3 is 14.2 Å². The zero-order chi connectivity index (χ0) is 13.8. The Morgan fingerprint density at radius 3 is 2.74 bits per heavy atom. The van der Waals surface area contributed by atoms with Gasteiger partial charge in [0.25, 0.3) is 0 Å². The molecule has 0 radical (unpaired) electrons. The Morgan fingerprint density at radius 1 is 1.47 bits per heavy atom. The Kier molecular flexibility index (Phi) is 4.57. The van der Waals surface area contributed by atoms with Gasteiger partial charge >= 0.3 is 6.09 Å². The molecule has 106 valence electrons. The molecule has 6 nitrogen and oxygen atoms in total. The van der Waals surface area contributed by atoms with Gasteiger partial charge in [-0.05, 0) is 32.0 Å². The summed E-state index contributed by atoms with van der Waals surface area (Å²) in [5.74, 6) is 0.986. The topological polar surface area (TPSA) is 63.1 Å². The number of nitrogens with zero attached hydrogens (tertiary/aromatic N) is 3. The van der Waals surface area contributed by atoms with E-state index in [0.29, 0.717) is 30.5 Å². The quantitative estimate of drug-likeness (QED) is 0.865. The third-order valence-electron chi connectivity index (χ3n) is 3.45. The van der Waals surface area contributed by atoms with Crippen molar-refractivity contribution in [3.8, 4) is 0 Å². The standard InChI is InChI=1S/C12H20N4O2S/c1-3-10-13-14-11(19)16(10)9-5-7-15(8-6-9)12(17)18-4-2/h9H,3-8H2,1-2H3,(H,14,19). The monoisotopic (exact) mass is 284 g/mol. The molecule has 2 heterocycles. The van der Waals surface area contributed by atoms with Crippen molar-refractivity contribution in [2.75, 3.05) is 19.7 Å². The van der Waals surface area contributed by atoms with Gasteiger partial charge in [-0.2, -0.15) is 5.10 Å². The Balaban J connectivity index is 2.02. The predicted molar refractivity (Wildman–Crippen MR) is 73.7 cm³/mol. The van der Waals surface area contributed by atoms with E-state index in [2.05, 4.69) is 21.7 Å². The molecular formula is C12H20N4O2S. The number of amides is 1. The van der Waals surface area contributed by atoms with Crippen LogP contribution in [0.15, 0.2) is 0 Å². The van der Waals surface area contributed by atoms with E-state index in [1.165, 1.54) is 0 Å². The first-order valence-corrected chi connectivity index (χ1v) is 7.15. The van der Waals surface area contributed by atoms with Crippen LogP contribution in [0, 0.1) is 4.77 Å². The van der Waals surface area contributed by atoms with Crippen molar-refractivity contribution in [1.82, 2.24) is 19.7 Å². The zero-order valence-corrected chi connectivity index (χ0v) is 12.2. The van der Waals surface area contributed by atoms with Crippen molar-refractivity contribution in [3.05, 3.63) is 10.6 Å². The average Bonchev–Trinajstić information content (AvgIpc) is 2.80. The number of H-pyrrole nitrogens is 1. The molecule has 0 unspecified atom stereocenters. The molecule has 2 rings (SSSR count). The van der Waals surface area contributed by atoms with Crippen LogP contribution in [0.4, 0.5) is 4.79 Å². The highest BCUT2D eigenvalue weighted by atomic mass is 32.1. The van der Waals surface area contributed by atoms with Crippen molar-refractivity contribution >= 4 is 18.3 Å². The minimum atomic E-state index is -0.215. The lowest BCUT2D eigenvalue weighted by Gasteiger charge is -2.32. The zero-order valence-electron chi connectivity index (χ0n) is 11.4. The van der Waals surface area contributed by atoms with Crippen molar-refractivity contribution in [2.45, 2.75) is 39.2 Å². The minimum Gasteiger partial charge on any atom is -0.450 e. The smallest absolute Gasteiger partial charge is 0.409 e. The Hall–Kier alpha value is -1.37. The second kappa shape index (κ2) is 6.18. The fourth-order valence-electron chi connectivity index (χ4n) is 2.48. The van der Waals surface area contributed by atoms with E-state index in [9.17, 15) is 4.79 Å². The first-order valence-electron chi connectivity index (χ1n) is 6.74. The number of aromatic amines is 1. The van der Waals surface area contributed by atoms with E-state index in [0.717, 1.165) is 25.1 Å². The van der Waals surface area contributed by atoms with E-state index >= 15 is 0 Å². The van der Waals surface area contributed by atoms with Gasteiger partial charge in [-0.3, -0.25) is 5.10 Å². The molecule has 1 saturated heterocycles. The Morgan fingerprint density at radius 2 is 2.16 bits per heavy atom. The number of nitrogens with one attached hydrogen (secondary N) is 1. The summed E-state index contributed by atoms with van der Waals surface area (Å²) in [6.45, 7) is 5.73. The maximum atomic E-state index is 11.6. The van der Waals surface area contributed by atoms with Crippen LogP contribution in [0.1, 0.15) is 38.6 Å². The van der Waals surface area contributed by atoms with Crippen molar-refractivity contribution < 1.29 is 9.53 Å². The molecule has 0 atom stereocenters. The number of rotatable bonds is 3. The van der Waals surface area contributed by atoms with Crippen LogP contribution in [-0.4, -0.2) is 45.5 Å². The Bertz CT molecular complexity index is 488. The molecule has 0 saturated carbocycles. The summed E-state index contributed by atoms with van der Waals surface area (Å²) in [4.78, 5) is 13.4. The summed E-state index contributed by atoms with van der Waals surface area (Å²) in [5.41, 5.74) is 0. The highest BCUT2D eigenvalue weighted by Crippen LogP contribution is 2.24. The molecular weight excluding hydrogens is 264 g/mol. The summed E-state index contributed by atoms with van der Waals surface area (Å²) < 4.78 is 7.78. The molecule has 19 heavy (non-hydrogen) atoms. The molecule has 1 aliphatic heterocycles. The second-order valence-electron chi connectivity index (χ2n) is 4.59. The van der Waals surface area contributed by atoms with Crippen molar-refractivity contribution in [2.24, 2.45) is 0 Å². The van der Waals surface area contributed by atoms with Gasteiger partial charge in [0.15, 0.2) is 4.77 Å². The van der Waals surface area contributed by atoms with Crippen LogP contribution in [-0.2, 0) is 11.2 Å². The molecule has 1 N–H and O–H groups in total. The fourth-order valence-corrected chi connectivity index (χ4v) is 2.78. The maximum absolute atomic E-state index is 11.6. The van der Waals surface area contributed by atoms with Crippen LogP contribution in [0.25, 0.3) is 0 Å². The van der Waals surface area contributed by atoms with E-state index in [-0.39, 0.29) is 6.09 Å². The van der Waals surface area contributed by atoms with Crippen LogP contribution in [0.2, 0.25) is 0 Å². The highest BCUT2D eigenvalue weighted by Gasteiger charge is 2.26. The van der Waals surface area contributed by atoms with E-state index in [1.54, 1.807) is 4.90 Å². The largest absolute Gasteiger partial charge is 0.450 e. The van der Waals surface area contributed by atoms with Gasteiger partial charge in [-0.1, -0.05) is 6.92 Å². The van der Waals surface area contributed by atoms with E-state index < -0.39 is 0 Å². The molecule has 1 aliphatic rings. The molecule has 0 aromatic carbocycles. The van der Waals surface area contributed by atoms with E-state index in [4.69, 9.17) is 17.0 Å². The van der Waals surface area contributed by atoms with Crippen LogP contribution in [0.3, 0.4) is 0 Å². The third kappa shape index (κ3) is 2.97. The van der Waals surface area contributed by atoms with Gasteiger partial charge in [0.2, 0.25) is 0 Å². The van der Waals surface area contributed by atoms with Gasteiger partial charge in [0, 0.05) is 25.6 Å². The van der Waals surface area contributed by atoms with Crippen LogP contribution in [0.5, 0.6) is 0 Å². The molecule has 0 bridgehead atoms. The lowest BCUT2D eigenvalue weighted by molar-refractivity contribution is 0.0923. The number of piperidine rings is 1. The van der Waals surface area contributed by atoms with E-state index in [1.807, 2.05) is 6.92 Å². The Labute approximate surface area is 117 Å². The summed E-state index contributed by atoms with van der Waals surface area (Å²) in [7, 11) is 0. The van der Waals surface area contributed by atoms with Gasteiger partial charge in [0.1, 0.15) is 5.82 Å². The maximum Gasteiger partial charge on any atom is 0.409 e. The number of ether oxygens (including phenoxy) is 1. The molecule has 7 heteroatoms. The van der Waals surface area contributed by atoms with Crippen LogP contribution < -0.4 is 0 Å². The SMILES string of the molecule is CCOC(=O)N1CCC(n2c(CC)n[nH]c2=S)CC1. The number of carbonyl (C=O) groups is 1.